The predicted molar refractivity (Wildman–Crippen MR) is 153 cm³/mol. The fourth-order valence-corrected chi connectivity index (χ4v) is 5.62. The maximum atomic E-state index is 14.0. The van der Waals surface area contributed by atoms with E-state index in [1.807, 2.05) is 45.0 Å². The summed E-state index contributed by atoms with van der Waals surface area (Å²) in [5.41, 5.74) is 1.80. The molecule has 0 radical (unpaired) electrons. The van der Waals surface area contributed by atoms with Crippen LogP contribution in [0.1, 0.15) is 51.8 Å². The molecule has 10 heteroatoms. The lowest BCUT2D eigenvalue weighted by molar-refractivity contribution is -0.139. The number of carbonyl (C=O) groups is 1. The molecule has 3 aromatic rings. The van der Waals surface area contributed by atoms with E-state index in [2.05, 4.69) is 4.99 Å². The summed E-state index contributed by atoms with van der Waals surface area (Å²) in [7, 11) is 3.12. The lowest BCUT2D eigenvalue weighted by atomic mass is 9.94. The van der Waals surface area contributed by atoms with Gasteiger partial charge in [-0.25, -0.2) is 9.79 Å². The molecule has 1 aliphatic heterocycles. The zero-order chi connectivity index (χ0) is 29.0. The molecule has 212 valence electrons. The lowest BCUT2D eigenvalue weighted by Gasteiger charge is -2.26. The number of methoxy groups -OCH3 is 2. The molecule has 1 aromatic heterocycles. The normalized spacial score (nSPS) is 15.0. The van der Waals surface area contributed by atoms with Crippen molar-refractivity contribution in [2.45, 2.75) is 46.8 Å². The Kier molecular flexibility index (Phi) is 8.99. The number of carbonyl (C=O) groups excluding carboxylic acids is 1. The van der Waals surface area contributed by atoms with Gasteiger partial charge >= 0.3 is 5.97 Å². The Labute approximate surface area is 236 Å². The first-order chi connectivity index (χ1) is 19.2. The fourth-order valence-electron chi connectivity index (χ4n) is 4.57. The molecular formula is C30H34N2O7S. The average Bonchev–Trinajstić information content (AvgIpc) is 3.22. The van der Waals surface area contributed by atoms with E-state index in [0.717, 1.165) is 5.56 Å². The van der Waals surface area contributed by atoms with Crippen molar-refractivity contribution >= 4 is 23.4 Å². The van der Waals surface area contributed by atoms with Crippen molar-refractivity contribution in [2.24, 2.45) is 4.99 Å². The Bertz CT molecular complexity index is 1620. The molecule has 0 saturated carbocycles. The number of nitrogens with zero attached hydrogens (tertiary/aromatic N) is 2. The molecule has 2 aromatic carbocycles. The number of benzene rings is 2. The number of hydrogen-bond acceptors (Lipinski definition) is 9. The first-order valence-corrected chi connectivity index (χ1v) is 13.9. The van der Waals surface area contributed by atoms with Gasteiger partial charge in [0, 0.05) is 5.56 Å². The molecule has 9 nitrogen and oxygen atoms in total. The van der Waals surface area contributed by atoms with E-state index >= 15 is 0 Å². The Balaban J connectivity index is 1.95. The van der Waals surface area contributed by atoms with E-state index in [0.29, 0.717) is 50.2 Å². The highest BCUT2D eigenvalue weighted by Gasteiger charge is 2.36. The highest BCUT2D eigenvalue weighted by Crippen LogP contribution is 2.40. The maximum Gasteiger partial charge on any atom is 0.338 e. The van der Waals surface area contributed by atoms with Crippen LogP contribution in [0.25, 0.3) is 6.08 Å². The van der Waals surface area contributed by atoms with Crippen molar-refractivity contribution in [3.8, 4) is 23.0 Å². The molecule has 0 N–H and O–H groups in total. The molecule has 0 unspecified atom stereocenters. The van der Waals surface area contributed by atoms with Crippen LogP contribution in [0.15, 0.2) is 57.5 Å². The number of fused-ring (bicyclic) bond motifs is 1. The van der Waals surface area contributed by atoms with E-state index in [1.165, 1.54) is 15.9 Å². The minimum absolute atomic E-state index is 0.0153. The molecule has 0 amide bonds. The van der Waals surface area contributed by atoms with Crippen molar-refractivity contribution in [3.63, 3.8) is 0 Å². The third kappa shape index (κ3) is 5.62. The zero-order valence-electron chi connectivity index (χ0n) is 23.8. The molecule has 2 heterocycles. The van der Waals surface area contributed by atoms with Gasteiger partial charge in [-0.3, -0.25) is 9.36 Å². The fraction of sp³-hybridized carbons (Fsp3) is 0.367. The van der Waals surface area contributed by atoms with E-state index in [-0.39, 0.29) is 23.8 Å². The number of rotatable bonds is 10. The minimum atomic E-state index is -0.828. The van der Waals surface area contributed by atoms with Gasteiger partial charge in [0.15, 0.2) is 27.8 Å². The summed E-state index contributed by atoms with van der Waals surface area (Å²) in [4.78, 5) is 32.4. The summed E-state index contributed by atoms with van der Waals surface area (Å²) in [6.07, 6.45) is 1.76. The second kappa shape index (κ2) is 12.4. The standard InChI is InChI=1S/C30H34N2O7S/c1-8-37-27-20(11-10-12-22(27)35-6)26-25(29(34)38-9-2)18(5)31-30-32(26)28(33)24(40-30)16-19-13-14-21(39-17(3)4)23(15-19)36-7/h10-17,26H,8-9H2,1-7H3/b24-16+/t26-/m0/s1. The van der Waals surface area contributed by atoms with Crippen LogP contribution in [0, 0.1) is 0 Å². The minimum Gasteiger partial charge on any atom is -0.493 e. The summed E-state index contributed by atoms with van der Waals surface area (Å²) in [6, 6.07) is 10.1. The summed E-state index contributed by atoms with van der Waals surface area (Å²) in [5.74, 6) is 1.58. The maximum absolute atomic E-state index is 14.0. The Morgan fingerprint density at radius 1 is 1.07 bits per heavy atom. The molecule has 4 rings (SSSR count). The summed E-state index contributed by atoms with van der Waals surface area (Å²) < 4.78 is 30.3. The third-order valence-corrected chi connectivity index (χ3v) is 7.16. The molecule has 0 fully saturated rings. The Morgan fingerprint density at radius 3 is 2.48 bits per heavy atom. The van der Waals surface area contributed by atoms with Gasteiger partial charge in [-0.1, -0.05) is 29.5 Å². The van der Waals surface area contributed by atoms with Crippen LogP contribution in [0.5, 0.6) is 23.0 Å². The van der Waals surface area contributed by atoms with Crippen LogP contribution in [-0.4, -0.2) is 44.1 Å². The van der Waals surface area contributed by atoms with Gasteiger partial charge in [0.2, 0.25) is 0 Å². The number of hydrogen-bond donors (Lipinski definition) is 0. The number of thiazole rings is 1. The highest BCUT2D eigenvalue weighted by molar-refractivity contribution is 7.07. The van der Waals surface area contributed by atoms with Crippen molar-refractivity contribution in [1.82, 2.24) is 4.57 Å². The Morgan fingerprint density at radius 2 is 1.82 bits per heavy atom. The first kappa shape index (κ1) is 28.9. The smallest absolute Gasteiger partial charge is 0.338 e. The second-order valence-corrected chi connectivity index (χ2v) is 10.2. The van der Waals surface area contributed by atoms with Gasteiger partial charge in [-0.05, 0) is 64.5 Å². The van der Waals surface area contributed by atoms with Crippen LogP contribution in [-0.2, 0) is 9.53 Å². The number of aromatic nitrogens is 1. The summed E-state index contributed by atoms with van der Waals surface area (Å²) in [5, 5.41) is 0. The first-order valence-electron chi connectivity index (χ1n) is 13.1. The van der Waals surface area contributed by atoms with Crippen LogP contribution in [0.3, 0.4) is 0 Å². The molecule has 1 atom stereocenters. The average molecular weight is 567 g/mol. The predicted octanol–water partition coefficient (Wildman–Crippen LogP) is 4.00. The van der Waals surface area contributed by atoms with Crippen LogP contribution >= 0.6 is 11.3 Å². The van der Waals surface area contributed by atoms with Crippen LogP contribution in [0.2, 0.25) is 0 Å². The van der Waals surface area contributed by atoms with Gasteiger partial charge in [-0.15, -0.1) is 0 Å². The van der Waals surface area contributed by atoms with Crippen molar-refractivity contribution in [2.75, 3.05) is 27.4 Å². The number of ether oxygens (including phenoxy) is 5. The van der Waals surface area contributed by atoms with Crippen LogP contribution in [0.4, 0.5) is 0 Å². The molecule has 1 aliphatic rings. The molecular weight excluding hydrogens is 532 g/mol. The number of para-hydroxylation sites is 1. The topological polar surface area (TPSA) is 97.6 Å². The molecule has 0 aliphatic carbocycles. The summed E-state index contributed by atoms with van der Waals surface area (Å²) in [6.45, 7) is 9.77. The van der Waals surface area contributed by atoms with Gasteiger partial charge in [0.05, 0.1) is 49.3 Å². The quantitative estimate of drug-likeness (QED) is 0.342. The largest absolute Gasteiger partial charge is 0.493 e. The highest BCUT2D eigenvalue weighted by atomic mass is 32.1. The van der Waals surface area contributed by atoms with E-state index in [9.17, 15) is 9.59 Å². The molecule has 0 spiro atoms. The van der Waals surface area contributed by atoms with E-state index < -0.39 is 12.0 Å². The number of allylic oxidation sites excluding steroid dienone is 1. The van der Waals surface area contributed by atoms with Gasteiger partial charge < -0.3 is 23.7 Å². The second-order valence-electron chi connectivity index (χ2n) is 9.19. The number of esters is 1. The monoisotopic (exact) mass is 566 g/mol. The van der Waals surface area contributed by atoms with Gasteiger partial charge in [0.1, 0.15) is 6.04 Å². The van der Waals surface area contributed by atoms with Gasteiger partial charge in [-0.2, -0.15) is 0 Å². The SMILES string of the molecule is CCOC(=O)C1=C(C)N=c2s/c(=C/c3ccc(OC(C)C)c(OC)c3)c(=O)n2[C@H]1c1cccc(OC)c1OCC. The zero-order valence-corrected chi connectivity index (χ0v) is 24.6. The molecule has 0 saturated heterocycles. The van der Waals surface area contributed by atoms with E-state index in [4.69, 9.17) is 23.7 Å². The van der Waals surface area contributed by atoms with Crippen molar-refractivity contribution in [3.05, 3.63) is 78.5 Å². The van der Waals surface area contributed by atoms with Crippen molar-refractivity contribution in [1.29, 1.82) is 0 Å². The van der Waals surface area contributed by atoms with E-state index in [1.54, 1.807) is 46.3 Å². The molecule has 0 bridgehead atoms. The summed E-state index contributed by atoms with van der Waals surface area (Å²) >= 11 is 1.24. The van der Waals surface area contributed by atoms with Gasteiger partial charge in [0.25, 0.3) is 5.56 Å². The third-order valence-electron chi connectivity index (χ3n) is 6.18. The van der Waals surface area contributed by atoms with Crippen LogP contribution < -0.4 is 33.8 Å². The molecule has 40 heavy (non-hydrogen) atoms. The van der Waals surface area contributed by atoms with Crippen molar-refractivity contribution < 1.29 is 28.5 Å². The Hall–Kier alpha value is -4.05. The lowest BCUT2D eigenvalue weighted by Crippen LogP contribution is -2.40.